The molecule has 0 saturated carbocycles. The van der Waals surface area contributed by atoms with E-state index in [1.165, 1.54) is 30.3 Å². The lowest BCUT2D eigenvalue weighted by molar-refractivity contribution is -0.274. The van der Waals surface area contributed by atoms with E-state index in [9.17, 15) is 21.6 Å². The average molecular weight is 316 g/mol. The Bertz CT molecular complexity index is 715. The van der Waals surface area contributed by atoms with Crippen LogP contribution in [0.15, 0.2) is 53.4 Å². The zero-order valence-electron chi connectivity index (χ0n) is 10.4. The van der Waals surface area contributed by atoms with Crippen LogP contribution >= 0.6 is 0 Å². The number of rotatable bonds is 4. The van der Waals surface area contributed by atoms with Gasteiger partial charge < -0.3 is 4.74 Å². The molecule has 2 aromatic carbocycles. The van der Waals surface area contributed by atoms with Gasteiger partial charge in [-0.2, -0.15) is 0 Å². The maximum absolute atomic E-state index is 12.3. The molecule has 0 heterocycles. The Kier molecular flexibility index (Phi) is 4.08. The number of nitrogens with one attached hydrogen (secondary N) is 1. The first kappa shape index (κ1) is 15.2. The van der Waals surface area contributed by atoms with Gasteiger partial charge >= 0.3 is 6.36 Å². The Hall–Kier alpha value is -2.22. The molecule has 0 aliphatic heterocycles. The summed E-state index contributed by atoms with van der Waals surface area (Å²) >= 11 is 0. The van der Waals surface area contributed by atoms with E-state index in [4.69, 9.17) is 0 Å². The van der Waals surface area contributed by atoms with E-state index in [1.807, 2.05) is 4.72 Å². The molecule has 4 nitrogen and oxygen atoms in total. The molecule has 0 spiro atoms. The summed E-state index contributed by atoms with van der Waals surface area (Å²) in [5.74, 6) is -0.652. The molecule has 1 N–H and O–H groups in total. The van der Waals surface area contributed by atoms with Crippen LogP contribution < -0.4 is 9.46 Å². The highest BCUT2D eigenvalue weighted by Crippen LogP contribution is 2.31. The number of hydrogen-bond acceptors (Lipinski definition) is 3. The smallest absolute Gasteiger partial charge is 0.404 e. The molecular weight excluding hydrogens is 307 g/mol. The molecule has 0 fully saturated rings. The van der Waals surface area contributed by atoms with Gasteiger partial charge in [-0.25, -0.2) is 8.42 Å². The Morgan fingerprint density at radius 3 is 2.38 bits per heavy atom. The third kappa shape index (κ3) is 4.12. The maximum Gasteiger partial charge on any atom is 0.573 e. The largest absolute Gasteiger partial charge is 0.573 e. The second-order valence-corrected chi connectivity index (χ2v) is 5.57. The summed E-state index contributed by atoms with van der Waals surface area (Å²) < 4.78 is 66.7. The van der Waals surface area contributed by atoms with Gasteiger partial charge in [-0.1, -0.05) is 24.3 Å². The number of ether oxygens (including phenoxy) is 1. The summed E-state index contributed by atoms with van der Waals surface area (Å²) in [6.45, 7) is 0. The number of anilines is 1. The van der Waals surface area contributed by atoms with Crippen molar-refractivity contribution in [1.82, 2.24) is 0 Å². The summed E-state index contributed by atoms with van der Waals surface area (Å²) in [6.07, 6.45) is -4.92. The minimum Gasteiger partial charge on any atom is -0.404 e. The highest BCUT2D eigenvalue weighted by Gasteiger charge is 2.32. The van der Waals surface area contributed by atoms with Crippen molar-refractivity contribution in [3.8, 4) is 5.75 Å². The third-order valence-electron chi connectivity index (χ3n) is 2.35. The van der Waals surface area contributed by atoms with Crippen molar-refractivity contribution in [3.63, 3.8) is 0 Å². The summed E-state index contributed by atoms with van der Waals surface area (Å²) in [5.41, 5.74) is -0.348. The minimum absolute atomic E-state index is 0.0770. The second-order valence-electron chi connectivity index (χ2n) is 3.89. The fourth-order valence-corrected chi connectivity index (χ4v) is 2.60. The fraction of sp³-hybridized carbons (Fsp3) is 0.0769. The topological polar surface area (TPSA) is 55.4 Å². The van der Waals surface area contributed by atoms with Crippen LogP contribution in [0, 0.1) is 6.07 Å². The lowest BCUT2D eigenvalue weighted by Gasteiger charge is -2.14. The molecule has 0 aliphatic rings. The second kappa shape index (κ2) is 5.65. The van der Waals surface area contributed by atoms with Gasteiger partial charge in [0.05, 0.1) is 10.6 Å². The van der Waals surface area contributed by atoms with Crippen LogP contribution in [0.3, 0.4) is 0 Å². The van der Waals surface area contributed by atoms with E-state index < -0.39 is 22.1 Å². The van der Waals surface area contributed by atoms with E-state index in [0.29, 0.717) is 0 Å². The van der Waals surface area contributed by atoms with Crippen molar-refractivity contribution >= 4 is 15.7 Å². The average Bonchev–Trinajstić information content (AvgIpc) is 2.40. The molecule has 8 heteroatoms. The molecule has 0 bridgehead atoms. The van der Waals surface area contributed by atoms with Gasteiger partial charge in [0.25, 0.3) is 10.0 Å². The Labute approximate surface area is 119 Å². The van der Waals surface area contributed by atoms with Gasteiger partial charge in [-0.15, -0.1) is 13.2 Å². The van der Waals surface area contributed by atoms with Crippen molar-refractivity contribution in [3.05, 3.63) is 54.6 Å². The first-order chi connectivity index (χ1) is 9.78. The third-order valence-corrected chi connectivity index (χ3v) is 3.73. The summed E-state index contributed by atoms with van der Waals surface area (Å²) in [5, 5.41) is 0. The Balaban J connectivity index is 2.32. The van der Waals surface area contributed by atoms with Crippen LogP contribution in [0.4, 0.5) is 18.9 Å². The molecule has 0 atom stereocenters. The van der Waals surface area contributed by atoms with Crippen molar-refractivity contribution in [2.24, 2.45) is 0 Å². The number of benzene rings is 2. The number of sulfonamides is 1. The van der Waals surface area contributed by atoms with Crippen LogP contribution in [-0.4, -0.2) is 14.8 Å². The minimum atomic E-state index is -4.92. The summed E-state index contributed by atoms with van der Waals surface area (Å²) in [6, 6.07) is 12.9. The van der Waals surface area contributed by atoms with Crippen LogP contribution in [0.2, 0.25) is 0 Å². The monoisotopic (exact) mass is 316 g/mol. The first-order valence-electron chi connectivity index (χ1n) is 5.62. The van der Waals surface area contributed by atoms with E-state index in [1.54, 1.807) is 6.07 Å². The van der Waals surface area contributed by atoms with Gasteiger partial charge in [0.15, 0.2) is 5.75 Å². The van der Waals surface area contributed by atoms with E-state index in [0.717, 1.165) is 12.1 Å². The highest BCUT2D eigenvalue weighted by atomic mass is 32.2. The van der Waals surface area contributed by atoms with Crippen LogP contribution in [-0.2, 0) is 10.0 Å². The number of halogens is 3. The standard InChI is InChI=1S/C13H9F3NO3S/c14-13(15,16)20-12-9-5-4-8-11(12)17-21(18,19)10-6-2-1-3-7-10/h1-3,5-9,17H. The quantitative estimate of drug-likeness (QED) is 0.942. The van der Waals surface area contributed by atoms with Gasteiger partial charge in [-0.3, -0.25) is 4.72 Å². The Morgan fingerprint density at radius 1 is 1.10 bits per heavy atom. The number of alkyl halides is 3. The molecule has 0 aromatic heterocycles. The first-order valence-corrected chi connectivity index (χ1v) is 7.10. The molecule has 21 heavy (non-hydrogen) atoms. The van der Waals surface area contributed by atoms with Crippen LogP contribution in [0.1, 0.15) is 0 Å². The molecule has 2 aromatic rings. The number of hydrogen-bond donors (Lipinski definition) is 1. The molecule has 0 unspecified atom stereocenters. The van der Waals surface area contributed by atoms with Gasteiger partial charge in [0, 0.05) is 0 Å². The van der Waals surface area contributed by atoms with Crippen molar-refractivity contribution in [2.45, 2.75) is 11.3 Å². The molecule has 2 rings (SSSR count). The maximum atomic E-state index is 12.3. The molecule has 1 radical (unpaired) electrons. The van der Waals surface area contributed by atoms with E-state index in [-0.39, 0.29) is 10.6 Å². The SMILES string of the molecule is O=S(=O)(Nc1c[c]ccc1OC(F)(F)F)c1ccccc1. The molecule has 111 valence electrons. The Morgan fingerprint density at radius 2 is 1.76 bits per heavy atom. The fourth-order valence-electron chi connectivity index (χ4n) is 1.51. The molecule has 0 amide bonds. The van der Waals surface area contributed by atoms with Crippen LogP contribution in [0.25, 0.3) is 0 Å². The normalized spacial score (nSPS) is 12.0. The van der Waals surface area contributed by atoms with Crippen molar-refractivity contribution in [1.29, 1.82) is 0 Å². The summed E-state index contributed by atoms with van der Waals surface area (Å²) in [7, 11) is -4.01. The summed E-state index contributed by atoms with van der Waals surface area (Å²) in [4.78, 5) is -0.0770. The van der Waals surface area contributed by atoms with E-state index >= 15 is 0 Å². The van der Waals surface area contributed by atoms with Crippen LogP contribution in [0.5, 0.6) is 5.75 Å². The van der Waals surface area contributed by atoms with Crippen molar-refractivity contribution < 1.29 is 26.3 Å². The predicted molar refractivity (Wildman–Crippen MR) is 69.2 cm³/mol. The van der Waals surface area contributed by atoms with Gasteiger partial charge in [0.1, 0.15) is 0 Å². The molecule has 0 aliphatic carbocycles. The molecular formula is C13H9F3NO3S. The zero-order valence-corrected chi connectivity index (χ0v) is 11.2. The zero-order chi connectivity index (χ0) is 15.5. The highest BCUT2D eigenvalue weighted by molar-refractivity contribution is 7.92. The van der Waals surface area contributed by atoms with Crippen molar-refractivity contribution in [2.75, 3.05) is 4.72 Å². The van der Waals surface area contributed by atoms with E-state index in [2.05, 4.69) is 10.8 Å². The predicted octanol–water partition coefficient (Wildman–Crippen LogP) is 3.19. The lowest BCUT2D eigenvalue weighted by Crippen LogP contribution is -2.19. The van der Waals surface area contributed by atoms with Gasteiger partial charge in [0.2, 0.25) is 0 Å². The lowest BCUT2D eigenvalue weighted by atomic mass is 10.3. The van der Waals surface area contributed by atoms with Gasteiger partial charge in [-0.05, 0) is 30.3 Å². The molecule has 0 saturated heterocycles.